The largest absolute Gasteiger partial charge is 0.450 e. The summed E-state index contributed by atoms with van der Waals surface area (Å²) in [6, 6.07) is 3.96. The second kappa shape index (κ2) is 7.11. The number of carbonyl (C=O) groups excluding carboxylic acids is 2. The topological polar surface area (TPSA) is 72.6 Å². The normalized spacial score (nSPS) is 14.5. The average Bonchev–Trinajstić information content (AvgIpc) is 2.67. The van der Waals surface area contributed by atoms with Crippen LogP contribution in [0.4, 0.5) is 10.5 Å². The zero-order valence-corrected chi connectivity index (χ0v) is 13.1. The Hall–Kier alpha value is -2.30. The van der Waals surface area contributed by atoms with E-state index in [0.717, 1.165) is 24.0 Å². The van der Waals surface area contributed by atoms with Crippen LogP contribution in [-0.4, -0.2) is 36.5 Å². The minimum atomic E-state index is -0.264. The maximum absolute atomic E-state index is 11.8. The lowest BCUT2D eigenvalue weighted by Gasteiger charge is -2.18. The molecule has 2 rings (SSSR count). The Morgan fingerprint density at radius 1 is 1.27 bits per heavy atom. The molecular formula is C17H22N2O3. The van der Waals surface area contributed by atoms with E-state index in [4.69, 9.17) is 10.5 Å². The highest BCUT2D eigenvalue weighted by Crippen LogP contribution is 2.24. The Kier molecular flexibility index (Phi) is 5.20. The fraction of sp³-hybridized carbons (Fsp3) is 0.412. The summed E-state index contributed by atoms with van der Waals surface area (Å²) in [5.41, 5.74) is 9.88. The van der Waals surface area contributed by atoms with Gasteiger partial charge in [-0.3, -0.25) is 4.79 Å². The van der Waals surface area contributed by atoms with Crippen LogP contribution in [0.5, 0.6) is 0 Å². The van der Waals surface area contributed by atoms with Crippen molar-refractivity contribution in [1.29, 1.82) is 0 Å². The van der Waals surface area contributed by atoms with Crippen molar-refractivity contribution < 1.29 is 14.3 Å². The van der Waals surface area contributed by atoms with Gasteiger partial charge in [0.1, 0.15) is 0 Å². The molecule has 1 aliphatic rings. The number of hydrogen-bond donors (Lipinski definition) is 1. The summed E-state index contributed by atoms with van der Waals surface area (Å²) in [6.45, 7) is 4.96. The van der Waals surface area contributed by atoms with Crippen molar-refractivity contribution in [3.05, 3.63) is 34.9 Å². The molecule has 5 heteroatoms. The number of benzene rings is 1. The Labute approximate surface area is 130 Å². The van der Waals surface area contributed by atoms with E-state index < -0.39 is 0 Å². The van der Waals surface area contributed by atoms with E-state index in [9.17, 15) is 9.59 Å². The monoisotopic (exact) mass is 302 g/mol. The molecule has 0 aliphatic carbocycles. The molecule has 0 spiro atoms. The first-order valence-corrected chi connectivity index (χ1v) is 7.53. The summed E-state index contributed by atoms with van der Waals surface area (Å²) in [4.78, 5) is 24.6. The number of fused-ring (bicyclic) bond motifs is 1. The van der Waals surface area contributed by atoms with Gasteiger partial charge < -0.3 is 15.4 Å². The third kappa shape index (κ3) is 3.87. The van der Waals surface area contributed by atoms with Gasteiger partial charge in [0.05, 0.1) is 6.61 Å². The number of anilines is 1. The van der Waals surface area contributed by atoms with Crippen molar-refractivity contribution in [2.45, 2.75) is 26.7 Å². The van der Waals surface area contributed by atoms with Crippen LogP contribution in [0.2, 0.25) is 0 Å². The van der Waals surface area contributed by atoms with Crippen molar-refractivity contribution >= 4 is 23.6 Å². The molecule has 1 aromatic carbocycles. The van der Waals surface area contributed by atoms with Gasteiger partial charge in [0, 0.05) is 18.8 Å². The number of ketones is 1. The third-order valence-electron chi connectivity index (χ3n) is 3.73. The molecule has 1 aliphatic heterocycles. The lowest BCUT2D eigenvalue weighted by Crippen LogP contribution is -2.33. The molecule has 0 saturated heterocycles. The molecule has 0 fully saturated rings. The lowest BCUT2D eigenvalue weighted by atomic mass is 9.98. The molecule has 1 heterocycles. The number of nitrogens with zero attached hydrogens (tertiary/aromatic N) is 1. The summed E-state index contributed by atoms with van der Waals surface area (Å²) in [5, 5.41) is 0. The van der Waals surface area contributed by atoms with E-state index in [1.165, 1.54) is 18.6 Å². The molecule has 2 N–H and O–H groups in total. The van der Waals surface area contributed by atoms with Crippen molar-refractivity contribution in [1.82, 2.24) is 4.90 Å². The second-order valence-electron chi connectivity index (χ2n) is 5.38. The predicted molar refractivity (Wildman–Crippen MR) is 86.6 cm³/mol. The van der Waals surface area contributed by atoms with Crippen LogP contribution in [0.15, 0.2) is 18.2 Å². The van der Waals surface area contributed by atoms with Crippen molar-refractivity contribution in [3.63, 3.8) is 0 Å². The summed E-state index contributed by atoms with van der Waals surface area (Å²) >= 11 is 0. The summed E-state index contributed by atoms with van der Waals surface area (Å²) in [5.74, 6) is -0.0113. The molecule has 118 valence electrons. The third-order valence-corrected chi connectivity index (χ3v) is 3.73. The van der Waals surface area contributed by atoms with Crippen molar-refractivity contribution in [2.75, 3.05) is 25.4 Å². The first kappa shape index (κ1) is 16.1. The molecule has 0 unspecified atom stereocenters. The highest BCUT2D eigenvalue weighted by atomic mass is 16.6. The molecule has 0 aromatic heterocycles. The zero-order valence-electron chi connectivity index (χ0n) is 13.1. The van der Waals surface area contributed by atoms with Gasteiger partial charge in [-0.1, -0.05) is 0 Å². The Morgan fingerprint density at radius 2 is 1.91 bits per heavy atom. The zero-order chi connectivity index (χ0) is 16.1. The van der Waals surface area contributed by atoms with Crippen LogP contribution in [0, 0.1) is 0 Å². The number of allylic oxidation sites excluding steroid dienone is 1. The fourth-order valence-electron chi connectivity index (χ4n) is 2.56. The van der Waals surface area contributed by atoms with Gasteiger partial charge in [-0.15, -0.1) is 0 Å². The molecule has 0 radical (unpaired) electrons. The molecule has 5 nitrogen and oxygen atoms in total. The summed E-state index contributed by atoms with van der Waals surface area (Å²) in [7, 11) is 0. The van der Waals surface area contributed by atoms with Crippen LogP contribution in [0.25, 0.3) is 6.08 Å². The van der Waals surface area contributed by atoms with Gasteiger partial charge in [-0.2, -0.15) is 0 Å². The van der Waals surface area contributed by atoms with Crippen LogP contribution >= 0.6 is 0 Å². The number of nitrogen functional groups attached to an aromatic ring is 1. The maximum Gasteiger partial charge on any atom is 0.409 e. The van der Waals surface area contributed by atoms with Gasteiger partial charge in [0.2, 0.25) is 0 Å². The number of ether oxygens (including phenoxy) is 1. The van der Waals surface area contributed by atoms with E-state index in [0.29, 0.717) is 25.4 Å². The van der Waals surface area contributed by atoms with Gasteiger partial charge >= 0.3 is 6.09 Å². The highest BCUT2D eigenvalue weighted by Gasteiger charge is 2.19. The molecule has 0 saturated carbocycles. The molecular weight excluding hydrogens is 280 g/mol. The van der Waals surface area contributed by atoms with Gasteiger partial charge in [-0.05, 0) is 67.7 Å². The van der Waals surface area contributed by atoms with Gasteiger partial charge in [-0.25, -0.2) is 4.79 Å². The van der Waals surface area contributed by atoms with Crippen LogP contribution in [0.1, 0.15) is 30.5 Å². The molecule has 0 bridgehead atoms. The fourth-order valence-corrected chi connectivity index (χ4v) is 2.56. The summed E-state index contributed by atoms with van der Waals surface area (Å²) in [6.07, 6.45) is 4.51. The van der Waals surface area contributed by atoms with E-state index in [1.807, 2.05) is 12.1 Å². The Bertz CT molecular complexity index is 608. The first-order valence-electron chi connectivity index (χ1n) is 7.53. The minimum Gasteiger partial charge on any atom is -0.450 e. The van der Waals surface area contributed by atoms with Crippen LogP contribution < -0.4 is 5.73 Å². The Morgan fingerprint density at radius 3 is 2.50 bits per heavy atom. The number of nitrogens with two attached hydrogens (primary N) is 1. The standard InChI is InChI=1S/C17H22N2O3/c1-3-22-17(21)19-8-6-13-10-15(5-4-12(2)20)16(18)11-14(13)7-9-19/h4-5,10-11H,3,6-9,18H2,1-2H3/b5-4+. The molecule has 1 amide bonds. The lowest BCUT2D eigenvalue weighted by molar-refractivity contribution is -0.112. The molecule has 22 heavy (non-hydrogen) atoms. The second-order valence-corrected chi connectivity index (χ2v) is 5.38. The van der Waals surface area contributed by atoms with Gasteiger partial charge in [0.25, 0.3) is 0 Å². The predicted octanol–water partition coefficient (Wildman–Crippen LogP) is 2.43. The van der Waals surface area contributed by atoms with Gasteiger partial charge in [0.15, 0.2) is 5.78 Å². The Balaban J connectivity index is 2.19. The SMILES string of the molecule is CCOC(=O)N1CCc2cc(N)c(/C=C/C(C)=O)cc2CC1. The smallest absolute Gasteiger partial charge is 0.409 e. The number of rotatable bonds is 3. The van der Waals surface area contributed by atoms with E-state index in [2.05, 4.69) is 0 Å². The minimum absolute atomic E-state index is 0.0113. The van der Waals surface area contributed by atoms with Crippen LogP contribution in [-0.2, 0) is 22.4 Å². The van der Waals surface area contributed by atoms with Crippen LogP contribution in [0.3, 0.4) is 0 Å². The number of amides is 1. The van der Waals surface area contributed by atoms with Crippen molar-refractivity contribution in [3.8, 4) is 0 Å². The maximum atomic E-state index is 11.8. The highest BCUT2D eigenvalue weighted by molar-refractivity contribution is 5.92. The average molecular weight is 302 g/mol. The quantitative estimate of drug-likeness (QED) is 0.687. The number of carbonyl (C=O) groups is 2. The van der Waals surface area contributed by atoms with Crippen molar-refractivity contribution in [2.24, 2.45) is 0 Å². The van der Waals surface area contributed by atoms with E-state index in [1.54, 1.807) is 17.9 Å². The van der Waals surface area contributed by atoms with E-state index >= 15 is 0 Å². The summed E-state index contributed by atoms with van der Waals surface area (Å²) < 4.78 is 5.06. The number of hydrogen-bond acceptors (Lipinski definition) is 4. The first-order chi connectivity index (χ1) is 10.5. The van der Waals surface area contributed by atoms with E-state index in [-0.39, 0.29) is 11.9 Å². The molecule has 0 atom stereocenters. The molecule has 1 aromatic rings.